The van der Waals surface area contributed by atoms with Crippen molar-refractivity contribution in [3.8, 4) is 11.5 Å². The van der Waals surface area contributed by atoms with E-state index < -0.39 is 28.5 Å². The van der Waals surface area contributed by atoms with Crippen LogP contribution in [0.1, 0.15) is 25.8 Å². The number of para-hydroxylation sites is 1. The Morgan fingerprint density at radius 2 is 1.57 bits per heavy atom. The smallest absolute Gasteiger partial charge is 0.264 e. The first-order chi connectivity index (χ1) is 19.2. The van der Waals surface area contributed by atoms with Crippen molar-refractivity contribution < 1.29 is 27.5 Å². The number of hydrogen-bond donors (Lipinski definition) is 1. The van der Waals surface area contributed by atoms with E-state index >= 15 is 0 Å². The predicted molar refractivity (Wildman–Crippen MR) is 155 cm³/mol. The van der Waals surface area contributed by atoms with Gasteiger partial charge in [-0.15, -0.1) is 0 Å². The van der Waals surface area contributed by atoms with Gasteiger partial charge in [0.25, 0.3) is 10.0 Å². The van der Waals surface area contributed by atoms with Crippen LogP contribution in [0.3, 0.4) is 0 Å². The molecule has 214 valence electrons. The molecule has 3 aromatic rings. The van der Waals surface area contributed by atoms with Crippen molar-refractivity contribution in [1.29, 1.82) is 0 Å². The molecule has 2 amide bonds. The minimum absolute atomic E-state index is 0.0210. The van der Waals surface area contributed by atoms with Gasteiger partial charge in [-0.1, -0.05) is 54.9 Å². The summed E-state index contributed by atoms with van der Waals surface area (Å²) in [4.78, 5) is 28.3. The molecule has 3 aromatic carbocycles. The van der Waals surface area contributed by atoms with Crippen molar-refractivity contribution in [2.24, 2.45) is 0 Å². The van der Waals surface area contributed by atoms with Crippen LogP contribution in [-0.4, -0.2) is 58.5 Å². The molecule has 0 fully saturated rings. The number of methoxy groups -OCH3 is 2. The monoisotopic (exact) mass is 587 g/mol. The normalized spacial score (nSPS) is 11.8. The van der Waals surface area contributed by atoms with Crippen LogP contribution >= 0.6 is 11.6 Å². The van der Waals surface area contributed by atoms with Gasteiger partial charge >= 0.3 is 0 Å². The Kier molecular flexibility index (Phi) is 10.8. The first kappa shape index (κ1) is 30.8. The molecule has 0 heterocycles. The largest absolute Gasteiger partial charge is 0.493 e. The molecule has 40 heavy (non-hydrogen) atoms. The molecule has 0 aliphatic rings. The summed E-state index contributed by atoms with van der Waals surface area (Å²) in [6, 6.07) is 18.7. The summed E-state index contributed by atoms with van der Waals surface area (Å²) in [5.41, 5.74) is 0.920. The number of amides is 2. The third-order valence-electron chi connectivity index (χ3n) is 6.30. The summed E-state index contributed by atoms with van der Waals surface area (Å²) in [5, 5.41) is 3.21. The third-order valence-corrected chi connectivity index (χ3v) is 8.44. The number of carbonyl (C=O) groups is 2. The fraction of sp³-hybridized carbons (Fsp3) is 0.310. The number of rotatable bonds is 13. The number of nitrogens with one attached hydrogen (secondary N) is 1. The van der Waals surface area contributed by atoms with E-state index in [1.807, 2.05) is 0 Å². The Morgan fingerprint density at radius 3 is 2.17 bits per heavy atom. The van der Waals surface area contributed by atoms with Gasteiger partial charge in [-0.25, -0.2) is 8.42 Å². The van der Waals surface area contributed by atoms with Crippen molar-refractivity contribution in [3.63, 3.8) is 0 Å². The molecule has 1 N–H and O–H groups in total. The predicted octanol–water partition coefficient (Wildman–Crippen LogP) is 4.50. The summed E-state index contributed by atoms with van der Waals surface area (Å²) >= 11 is 6.40. The number of ether oxygens (including phenoxy) is 2. The second-order valence-electron chi connectivity index (χ2n) is 8.80. The van der Waals surface area contributed by atoms with Crippen LogP contribution in [0.4, 0.5) is 5.69 Å². The molecule has 0 radical (unpaired) electrons. The maximum atomic E-state index is 14.0. The van der Waals surface area contributed by atoms with Crippen LogP contribution in [-0.2, 0) is 26.2 Å². The second kappa shape index (κ2) is 14.0. The van der Waals surface area contributed by atoms with E-state index in [0.29, 0.717) is 29.3 Å². The lowest BCUT2D eigenvalue weighted by Crippen LogP contribution is -2.52. The number of anilines is 1. The zero-order chi connectivity index (χ0) is 29.3. The van der Waals surface area contributed by atoms with Gasteiger partial charge in [0.1, 0.15) is 12.6 Å². The average Bonchev–Trinajstić information content (AvgIpc) is 2.96. The van der Waals surface area contributed by atoms with Gasteiger partial charge in [-0.2, -0.15) is 0 Å². The number of hydrogen-bond acceptors (Lipinski definition) is 6. The fourth-order valence-electron chi connectivity index (χ4n) is 4.25. The fourth-order valence-corrected chi connectivity index (χ4v) is 5.87. The van der Waals surface area contributed by atoms with Crippen molar-refractivity contribution in [2.75, 3.05) is 31.6 Å². The number of carbonyl (C=O) groups excluding carboxylic acids is 2. The molecule has 0 aromatic heterocycles. The summed E-state index contributed by atoms with van der Waals surface area (Å²) in [6.45, 7) is 3.43. The Labute approximate surface area is 240 Å². The van der Waals surface area contributed by atoms with Gasteiger partial charge in [-0.3, -0.25) is 13.9 Å². The Bertz CT molecular complexity index is 1420. The summed E-state index contributed by atoms with van der Waals surface area (Å²) in [5.74, 6) is -0.307. The van der Waals surface area contributed by atoms with Crippen LogP contribution in [0.5, 0.6) is 11.5 Å². The van der Waals surface area contributed by atoms with Gasteiger partial charge in [0.05, 0.1) is 24.8 Å². The Morgan fingerprint density at radius 1 is 0.925 bits per heavy atom. The van der Waals surface area contributed by atoms with Gasteiger partial charge in [0, 0.05) is 24.2 Å². The molecule has 0 saturated heterocycles. The van der Waals surface area contributed by atoms with E-state index in [4.69, 9.17) is 21.1 Å². The molecular formula is C29H34ClN3O6S. The molecule has 0 spiro atoms. The zero-order valence-corrected chi connectivity index (χ0v) is 24.5. The first-order valence-electron chi connectivity index (χ1n) is 12.8. The Balaban J connectivity index is 2.08. The molecule has 9 nitrogen and oxygen atoms in total. The van der Waals surface area contributed by atoms with E-state index in [1.165, 1.54) is 37.3 Å². The topological polar surface area (TPSA) is 105 Å². The summed E-state index contributed by atoms with van der Waals surface area (Å²) < 4.78 is 39.6. The first-order valence-corrected chi connectivity index (χ1v) is 14.6. The quantitative estimate of drug-likeness (QED) is 0.316. The molecule has 11 heteroatoms. The van der Waals surface area contributed by atoms with E-state index in [1.54, 1.807) is 68.4 Å². The van der Waals surface area contributed by atoms with Crippen molar-refractivity contribution in [3.05, 3.63) is 83.4 Å². The van der Waals surface area contributed by atoms with Crippen molar-refractivity contribution in [2.45, 2.75) is 37.8 Å². The SMILES string of the molecule is CCNC(=O)C(CC)N(Cc1ccccc1Cl)C(=O)CN(c1ccccc1)S(=O)(=O)c1ccc(OC)c(OC)c1. The van der Waals surface area contributed by atoms with Crippen LogP contribution in [0.15, 0.2) is 77.7 Å². The van der Waals surface area contributed by atoms with Gasteiger partial charge in [0.15, 0.2) is 11.5 Å². The molecular weight excluding hydrogens is 554 g/mol. The van der Waals surface area contributed by atoms with E-state index in [2.05, 4.69) is 5.32 Å². The summed E-state index contributed by atoms with van der Waals surface area (Å²) in [7, 11) is -1.40. The van der Waals surface area contributed by atoms with Gasteiger partial charge < -0.3 is 19.7 Å². The highest BCUT2D eigenvalue weighted by atomic mass is 35.5. The van der Waals surface area contributed by atoms with Crippen LogP contribution in [0.25, 0.3) is 0 Å². The molecule has 0 bridgehead atoms. The van der Waals surface area contributed by atoms with Crippen molar-refractivity contribution >= 4 is 39.1 Å². The highest BCUT2D eigenvalue weighted by Gasteiger charge is 2.34. The molecule has 0 aliphatic carbocycles. The van der Waals surface area contributed by atoms with Crippen LogP contribution in [0.2, 0.25) is 5.02 Å². The summed E-state index contributed by atoms with van der Waals surface area (Å²) in [6.07, 6.45) is 0.315. The molecule has 0 aliphatic heterocycles. The number of sulfonamides is 1. The standard InChI is InChI=1S/C29H34ClN3O6S/c1-5-25(29(35)31-6-2)32(19-21-12-10-11-15-24(21)30)28(34)20-33(22-13-8-7-9-14-22)40(36,37)23-16-17-26(38-3)27(18-23)39-4/h7-18,25H,5-6,19-20H2,1-4H3,(H,31,35). The lowest BCUT2D eigenvalue weighted by atomic mass is 10.1. The maximum absolute atomic E-state index is 14.0. The van der Waals surface area contributed by atoms with Crippen molar-refractivity contribution in [1.82, 2.24) is 10.2 Å². The lowest BCUT2D eigenvalue weighted by molar-refractivity contribution is -0.140. The number of likely N-dealkylation sites (N-methyl/N-ethyl adjacent to an activating group) is 1. The highest BCUT2D eigenvalue weighted by Crippen LogP contribution is 2.32. The minimum atomic E-state index is -4.26. The van der Waals surface area contributed by atoms with Crippen LogP contribution < -0.4 is 19.1 Å². The molecule has 1 unspecified atom stereocenters. The van der Waals surface area contributed by atoms with Gasteiger partial charge in [0.2, 0.25) is 11.8 Å². The van der Waals surface area contributed by atoms with E-state index in [0.717, 1.165) is 4.31 Å². The molecule has 1 atom stereocenters. The van der Waals surface area contributed by atoms with E-state index in [9.17, 15) is 18.0 Å². The highest BCUT2D eigenvalue weighted by molar-refractivity contribution is 7.92. The minimum Gasteiger partial charge on any atom is -0.493 e. The van der Waals surface area contributed by atoms with Crippen LogP contribution in [0, 0.1) is 0 Å². The number of nitrogens with zero attached hydrogens (tertiary/aromatic N) is 2. The molecule has 0 saturated carbocycles. The maximum Gasteiger partial charge on any atom is 0.264 e. The Hall–Kier alpha value is -3.76. The second-order valence-corrected chi connectivity index (χ2v) is 11.1. The lowest BCUT2D eigenvalue weighted by Gasteiger charge is -2.33. The number of halogens is 1. The average molecular weight is 588 g/mol. The zero-order valence-electron chi connectivity index (χ0n) is 23.0. The molecule has 3 rings (SSSR count). The van der Waals surface area contributed by atoms with Gasteiger partial charge in [-0.05, 0) is 49.2 Å². The van der Waals surface area contributed by atoms with E-state index in [-0.39, 0.29) is 28.8 Å². The third kappa shape index (κ3) is 7.05. The number of benzene rings is 3.